The molecule has 1 atom stereocenters. The second kappa shape index (κ2) is 2.70. The first kappa shape index (κ1) is 8.00. The zero-order valence-electron chi connectivity index (χ0n) is 7.49. The number of dihydropyridines is 1. The van der Waals surface area contributed by atoms with Gasteiger partial charge in [-0.1, -0.05) is 30.4 Å². The van der Waals surface area contributed by atoms with Gasteiger partial charge in [0.25, 0.3) is 0 Å². The van der Waals surface area contributed by atoms with Gasteiger partial charge in [0.15, 0.2) is 0 Å². The minimum Gasteiger partial charge on any atom is -0.283 e. The average molecular weight is 170 g/mol. The summed E-state index contributed by atoms with van der Waals surface area (Å²) in [6.07, 6.45) is 9.85. The SMILES string of the molecule is CC1(C#N)C=CC=C2C=CCN=C21. The molecule has 0 aromatic heterocycles. The summed E-state index contributed by atoms with van der Waals surface area (Å²) < 4.78 is 0. The van der Waals surface area contributed by atoms with E-state index in [2.05, 4.69) is 11.1 Å². The predicted octanol–water partition coefficient (Wildman–Crippen LogP) is 2.02. The second-order valence-electron chi connectivity index (χ2n) is 3.39. The van der Waals surface area contributed by atoms with E-state index in [0.717, 1.165) is 11.3 Å². The first-order valence-electron chi connectivity index (χ1n) is 4.29. The molecule has 1 heterocycles. The number of aliphatic imine (C=N–C) groups is 1. The summed E-state index contributed by atoms with van der Waals surface area (Å²) in [6.45, 7) is 2.59. The van der Waals surface area contributed by atoms with Crippen LogP contribution in [0.25, 0.3) is 0 Å². The Morgan fingerprint density at radius 1 is 1.62 bits per heavy atom. The summed E-state index contributed by atoms with van der Waals surface area (Å²) in [7, 11) is 0. The summed E-state index contributed by atoms with van der Waals surface area (Å²) in [4.78, 5) is 4.36. The van der Waals surface area contributed by atoms with Crippen LogP contribution in [0.5, 0.6) is 0 Å². The molecular weight excluding hydrogens is 160 g/mol. The molecule has 0 bridgehead atoms. The van der Waals surface area contributed by atoms with E-state index in [4.69, 9.17) is 5.26 Å². The molecule has 0 fully saturated rings. The molecule has 1 unspecified atom stereocenters. The second-order valence-corrected chi connectivity index (χ2v) is 3.39. The van der Waals surface area contributed by atoms with Gasteiger partial charge in [0.1, 0.15) is 5.41 Å². The molecule has 0 N–H and O–H groups in total. The number of hydrogen-bond donors (Lipinski definition) is 0. The van der Waals surface area contributed by atoms with E-state index >= 15 is 0 Å². The maximum absolute atomic E-state index is 9.06. The summed E-state index contributed by atoms with van der Waals surface area (Å²) in [5.41, 5.74) is 1.44. The van der Waals surface area contributed by atoms with Crippen molar-refractivity contribution in [2.75, 3.05) is 6.54 Å². The van der Waals surface area contributed by atoms with Gasteiger partial charge in [0.2, 0.25) is 0 Å². The lowest BCUT2D eigenvalue weighted by atomic mass is 9.78. The van der Waals surface area contributed by atoms with Crippen LogP contribution in [0.15, 0.2) is 40.9 Å². The molecule has 1 aliphatic carbocycles. The number of rotatable bonds is 0. The minimum absolute atomic E-state index is 0.533. The number of nitrogens with zero attached hydrogens (tertiary/aromatic N) is 2. The van der Waals surface area contributed by atoms with E-state index in [1.54, 1.807) is 0 Å². The van der Waals surface area contributed by atoms with Gasteiger partial charge in [-0.25, -0.2) is 0 Å². The number of fused-ring (bicyclic) bond motifs is 1. The van der Waals surface area contributed by atoms with Gasteiger partial charge in [0, 0.05) is 0 Å². The highest BCUT2D eigenvalue weighted by molar-refractivity contribution is 6.10. The smallest absolute Gasteiger partial charge is 0.115 e. The van der Waals surface area contributed by atoms with Crippen molar-refractivity contribution in [1.82, 2.24) is 0 Å². The Bertz CT molecular complexity index is 391. The Morgan fingerprint density at radius 3 is 3.23 bits per heavy atom. The van der Waals surface area contributed by atoms with E-state index in [0.29, 0.717) is 6.54 Å². The molecule has 0 aromatic rings. The van der Waals surface area contributed by atoms with Crippen molar-refractivity contribution in [3.05, 3.63) is 36.0 Å². The van der Waals surface area contributed by atoms with Gasteiger partial charge >= 0.3 is 0 Å². The molecule has 2 rings (SSSR count). The maximum Gasteiger partial charge on any atom is 0.115 e. The Balaban J connectivity index is 2.51. The molecule has 0 radical (unpaired) electrons. The molecule has 1 aliphatic heterocycles. The van der Waals surface area contributed by atoms with Crippen LogP contribution in [0, 0.1) is 16.7 Å². The van der Waals surface area contributed by atoms with Gasteiger partial charge < -0.3 is 0 Å². The van der Waals surface area contributed by atoms with Crippen LogP contribution in [-0.2, 0) is 0 Å². The molecule has 0 spiro atoms. The van der Waals surface area contributed by atoms with Crippen molar-refractivity contribution in [2.24, 2.45) is 10.4 Å². The number of allylic oxidation sites excluding steroid dienone is 5. The van der Waals surface area contributed by atoms with Gasteiger partial charge in [-0.15, -0.1) is 0 Å². The van der Waals surface area contributed by atoms with E-state index < -0.39 is 5.41 Å². The van der Waals surface area contributed by atoms with Crippen molar-refractivity contribution < 1.29 is 0 Å². The van der Waals surface area contributed by atoms with Crippen LogP contribution in [0.3, 0.4) is 0 Å². The van der Waals surface area contributed by atoms with Gasteiger partial charge in [0.05, 0.1) is 18.3 Å². The van der Waals surface area contributed by atoms with E-state index in [9.17, 15) is 0 Å². The fraction of sp³-hybridized carbons (Fsp3) is 0.273. The maximum atomic E-state index is 9.06. The Morgan fingerprint density at radius 2 is 2.46 bits per heavy atom. The standard InChI is InChI=1S/C11H10N2/c1-11(8-12)6-2-4-9-5-3-7-13-10(9)11/h2-6H,7H2,1H3. The van der Waals surface area contributed by atoms with Crippen molar-refractivity contribution in [1.29, 1.82) is 5.26 Å². The highest BCUT2D eigenvalue weighted by atomic mass is 14.8. The van der Waals surface area contributed by atoms with Gasteiger partial charge in [-0.2, -0.15) is 5.26 Å². The Hall–Kier alpha value is -1.62. The first-order valence-corrected chi connectivity index (χ1v) is 4.29. The van der Waals surface area contributed by atoms with Crippen molar-refractivity contribution >= 4 is 5.71 Å². The number of nitriles is 1. The lowest BCUT2D eigenvalue weighted by molar-refractivity contribution is 0.777. The third-order valence-electron chi connectivity index (χ3n) is 2.36. The van der Waals surface area contributed by atoms with E-state index in [1.807, 2.05) is 37.3 Å². The molecule has 0 aromatic carbocycles. The van der Waals surface area contributed by atoms with Crippen LogP contribution in [0.2, 0.25) is 0 Å². The lowest BCUT2D eigenvalue weighted by Crippen LogP contribution is -2.28. The first-order chi connectivity index (χ1) is 6.26. The highest BCUT2D eigenvalue weighted by Gasteiger charge is 2.31. The monoisotopic (exact) mass is 170 g/mol. The zero-order valence-corrected chi connectivity index (χ0v) is 7.49. The molecular formula is C11H10N2. The molecule has 64 valence electrons. The minimum atomic E-state index is -0.533. The summed E-state index contributed by atoms with van der Waals surface area (Å²) >= 11 is 0. The third-order valence-corrected chi connectivity index (χ3v) is 2.36. The lowest BCUT2D eigenvalue weighted by Gasteiger charge is -2.25. The molecule has 13 heavy (non-hydrogen) atoms. The van der Waals surface area contributed by atoms with Gasteiger partial charge in [-0.05, 0) is 12.5 Å². The molecule has 0 saturated carbocycles. The fourth-order valence-corrected chi connectivity index (χ4v) is 1.61. The van der Waals surface area contributed by atoms with Crippen molar-refractivity contribution in [2.45, 2.75) is 6.92 Å². The third kappa shape index (κ3) is 1.13. The van der Waals surface area contributed by atoms with Crippen LogP contribution in [0.1, 0.15) is 6.92 Å². The Labute approximate surface area is 77.6 Å². The normalized spacial score (nSPS) is 30.2. The van der Waals surface area contributed by atoms with Gasteiger partial charge in [-0.3, -0.25) is 4.99 Å². The average Bonchev–Trinajstić information content (AvgIpc) is 2.19. The van der Waals surface area contributed by atoms with E-state index in [-0.39, 0.29) is 0 Å². The number of hydrogen-bond acceptors (Lipinski definition) is 2. The van der Waals surface area contributed by atoms with Crippen LogP contribution in [0.4, 0.5) is 0 Å². The molecule has 2 aliphatic rings. The summed E-state index contributed by atoms with van der Waals surface area (Å²) in [5, 5.41) is 9.06. The Kier molecular flexibility index (Phi) is 1.66. The quantitative estimate of drug-likeness (QED) is 0.548. The van der Waals surface area contributed by atoms with E-state index in [1.165, 1.54) is 0 Å². The highest BCUT2D eigenvalue weighted by Crippen LogP contribution is 2.30. The molecule has 0 saturated heterocycles. The van der Waals surface area contributed by atoms with Crippen LogP contribution >= 0.6 is 0 Å². The van der Waals surface area contributed by atoms with Crippen LogP contribution < -0.4 is 0 Å². The zero-order chi connectivity index (χ0) is 9.31. The van der Waals surface area contributed by atoms with Crippen LogP contribution in [-0.4, -0.2) is 12.3 Å². The topological polar surface area (TPSA) is 36.1 Å². The predicted molar refractivity (Wildman–Crippen MR) is 52.4 cm³/mol. The van der Waals surface area contributed by atoms with Crippen molar-refractivity contribution in [3.8, 4) is 6.07 Å². The summed E-state index contributed by atoms with van der Waals surface area (Å²) in [6, 6.07) is 2.29. The molecule has 2 nitrogen and oxygen atoms in total. The largest absolute Gasteiger partial charge is 0.283 e. The molecule has 2 heteroatoms. The van der Waals surface area contributed by atoms with Crippen molar-refractivity contribution in [3.63, 3.8) is 0 Å². The fourth-order valence-electron chi connectivity index (χ4n) is 1.61. The summed E-state index contributed by atoms with van der Waals surface area (Å²) in [5.74, 6) is 0. The molecule has 0 amide bonds.